The van der Waals surface area contributed by atoms with Crippen LogP contribution in [0.4, 0.5) is 5.82 Å². The number of benzene rings is 1. The summed E-state index contributed by atoms with van der Waals surface area (Å²) < 4.78 is 1.94. The molecule has 1 amide bonds. The molecule has 7 nitrogen and oxygen atoms in total. The Balaban J connectivity index is 1.85. The fraction of sp³-hybridized carbons (Fsp3) is 0.375. The van der Waals surface area contributed by atoms with E-state index < -0.39 is 4.92 Å². The zero-order chi connectivity index (χ0) is 17.7. The number of nitrogens with zero attached hydrogens (tertiary/aromatic N) is 3. The summed E-state index contributed by atoms with van der Waals surface area (Å²) in [4.78, 5) is 22.4. The van der Waals surface area contributed by atoms with Gasteiger partial charge < -0.3 is 15.4 Å². The summed E-state index contributed by atoms with van der Waals surface area (Å²) in [5.74, 6) is -0.251. The Morgan fingerprint density at radius 3 is 2.67 bits per heavy atom. The summed E-state index contributed by atoms with van der Waals surface area (Å²) in [6, 6.07) is 9.68. The highest BCUT2D eigenvalue weighted by atomic mass is 79.9. The van der Waals surface area contributed by atoms with Gasteiger partial charge in [-0.2, -0.15) is 4.68 Å². The van der Waals surface area contributed by atoms with Gasteiger partial charge in [0.2, 0.25) is 5.91 Å². The molecule has 0 unspecified atom stereocenters. The van der Waals surface area contributed by atoms with Gasteiger partial charge in [0.15, 0.2) is 0 Å². The first-order valence-electron chi connectivity index (χ1n) is 7.61. The van der Waals surface area contributed by atoms with E-state index in [4.69, 9.17) is 0 Å². The minimum Gasteiger partial charge on any atom is -0.358 e. The van der Waals surface area contributed by atoms with E-state index in [1.807, 2.05) is 37.3 Å². The van der Waals surface area contributed by atoms with Gasteiger partial charge in [0.25, 0.3) is 0 Å². The first kappa shape index (κ1) is 18.1. The number of nitro groups is 1. The van der Waals surface area contributed by atoms with Crippen molar-refractivity contribution in [3.63, 3.8) is 0 Å². The zero-order valence-electron chi connectivity index (χ0n) is 13.5. The van der Waals surface area contributed by atoms with Crippen LogP contribution in [0.15, 0.2) is 34.8 Å². The van der Waals surface area contributed by atoms with Crippen LogP contribution in [0.2, 0.25) is 0 Å². The minimum atomic E-state index is -0.526. The second kappa shape index (κ2) is 8.05. The molecule has 0 saturated carbocycles. The largest absolute Gasteiger partial charge is 0.404 e. The molecule has 1 atom stereocenters. The third-order valence-corrected chi connectivity index (χ3v) is 4.67. The van der Waals surface area contributed by atoms with Crippen molar-refractivity contribution < 1.29 is 9.72 Å². The molecule has 1 aromatic heterocycles. The number of aromatic nitrogens is 2. The predicted molar refractivity (Wildman–Crippen MR) is 93.6 cm³/mol. The van der Waals surface area contributed by atoms with E-state index >= 15 is 0 Å². The SMILES string of the molecule is Cc1c(Br)c([N+](=O)[O-])nn1CCCC(=O)N[C@@H](C)c1ccccc1. The van der Waals surface area contributed by atoms with Crippen molar-refractivity contribution in [1.29, 1.82) is 0 Å². The van der Waals surface area contributed by atoms with Crippen LogP contribution in [0.25, 0.3) is 0 Å². The van der Waals surface area contributed by atoms with E-state index in [-0.39, 0.29) is 17.8 Å². The first-order valence-corrected chi connectivity index (χ1v) is 8.41. The van der Waals surface area contributed by atoms with Gasteiger partial charge in [0.1, 0.15) is 4.47 Å². The van der Waals surface area contributed by atoms with Crippen LogP contribution in [0.1, 0.15) is 37.1 Å². The molecular formula is C16H19BrN4O3. The quantitative estimate of drug-likeness (QED) is 0.574. The maximum Gasteiger partial charge on any atom is 0.404 e. The van der Waals surface area contributed by atoms with Gasteiger partial charge in [0, 0.05) is 6.42 Å². The number of aryl methyl sites for hydroxylation is 1. The highest BCUT2D eigenvalue weighted by Crippen LogP contribution is 2.27. The number of hydrogen-bond donors (Lipinski definition) is 1. The summed E-state index contributed by atoms with van der Waals surface area (Å²) in [5.41, 5.74) is 1.73. The van der Waals surface area contributed by atoms with Crippen LogP contribution in [-0.2, 0) is 11.3 Å². The van der Waals surface area contributed by atoms with E-state index in [0.29, 0.717) is 29.6 Å². The fourth-order valence-electron chi connectivity index (χ4n) is 2.37. The molecular weight excluding hydrogens is 376 g/mol. The maximum absolute atomic E-state index is 12.0. The van der Waals surface area contributed by atoms with Crippen LogP contribution < -0.4 is 5.32 Å². The van der Waals surface area contributed by atoms with E-state index in [1.54, 1.807) is 11.6 Å². The molecule has 0 bridgehead atoms. The molecule has 2 aromatic rings. The first-order chi connectivity index (χ1) is 11.4. The maximum atomic E-state index is 12.0. The van der Waals surface area contributed by atoms with Crippen molar-refractivity contribution in [3.8, 4) is 0 Å². The van der Waals surface area contributed by atoms with Gasteiger partial charge >= 0.3 is 5.82 Å². The summed E-state index contributed by atoms with van der Waals surface area (Å²) in [7, 11) is 0. The van der Waals surface area contributed by atoms with Crippen LogP contribution in [0, 0.1) is 17.0 Å². The molecule has 0 saturated heterocycles. The summed E-state index contributed by atoms with van der Waals surface area (Å²) in [5, 5.41) is 17.8. The molecule has 0 aliphatic heterocycles. The molecule has 0 spiro atoms. The highest BCUT2D eigenvalue weighted by molar-refractivity contribution is 9.10. The molecule has 0 radical (unpaired) electrons. The highest BCUT2D eigenvalue weighted by Gasteiger charge is 2.23. The van der Waals surface area contributed by atoms with E-state index in [0.717, 1.165) is 5.56 Å². The van der Waals surface area contributed by atoms with Gasteiger partial charge in [-0.3, -0.25) is 4.79 Å². The van der Waals surface area contributed by atoms with Crippen LogP contribution in [0.5, 0.6) is 0 Å². The van der Waals surface area contributed by atoms with Crippen molar-refractivity contribution in [3.05, 3.63) is 56.2 Å². The number of amides is 1. The molecule has 1 N–H and O–H groups in total. The van der Waals surface area contributed by atoms with E-state index in [2.05, 4.69) is 26.3 Å². The third kappa shape index (κ3) is 4.41. The predicted octanol–water partition coefficient (Wildman–Crippen LogP) is 3.52. The molecule has 0 aliphatic rings. The summed E-state index contributed by atoms with van der Waals surface area (Å²) in [6.07, 6.45) is 0.890. The average molecular weight is 395 g/mol. The second-order valence-electron chi connectivity index (χ2n) is 5.51. The van der Waals surface area contributed by atoms with Gasteiger partial charge in [-0.15, -0.1) is 0 Å². The lowest BCUT2D eigenvalue weighted by Crippen LogP contribution is -2.26. The van der Waals surface area contributed by atoms with Crippen molar-refractivity contribution in [2.45, 2.75) is 39.3 Å². The minimum absolute atomic E-state index is 0.0512. The number of halogens is 1. The Bertz CT molecular complexity index is 730. The van der Waals surface area contributed by atoms with Crippen molar-refractivity contribution in [2.75, 3.05) is 0 Å². The lowest BCUT2D eigenvalue weighted by atomic mass is 10.1. The number of carbonyl (C=O) groups is 1. The average Bonchev–Trinajstić information content (AvgIpc) is 2.84. The third-order valence-electron chi connectivity index (χ3n) is 3.74. The van der Waals surface area contributed by atoms with Crippen LogP contribution >= 0.6 is 15.9 Å². The summed E-state index contributed by atoms with van der Waals surface area (Å²) >= 11 is 3.18. The number of hydrogen-bond acceptors (Lipinski definition) is 4. The topological polar surface area (TPSA) is 90.1 Å². The van der Waals surface area contributed by atoms with Gasteiger partial charge in [-0.25, -0.2) is 0 Å². The number of carbonyl (C=O) groups excluding carboxylic acids is 1. The smallest absolute Gasteiger partial charge is 0.358 e. The molecule has 8 heteroatoms. The van der Waals surface area contributed by atoms with Crippen molar-refractivity contribution in [2.24, 2.45) is 0 Å². The number of nitrogens with one attached hydrogen (secondary N) is 1. The molecule has 128 valence electrons. The van der Waals surface area contributed by atoms with Crippen molar-refractivity contribution >= 4 is 27.7 Å². The number of rotatable bonds is 7. The van der Waals surface area contributed by atoms with E-state index in [1.165, 1.54) is 0 Å². The van der Waals surface area contributed by atoms with Gasteiger partial charge in [-0.1, -0.05) is 30.3 Å². The Labute approximate surface area is 148 Å². The van der Waals surface area contributed by atoms with Gasteiger partial charge in [-0.05, 0) is 46.7 Å². The Kier molecular flexibility index (Phi) is 6.08. The standard InChI is InChI=1S/C16H19BrN4O3/c1-11(13-7-4-3-5-8-13)18-14(22)9-6-10-20-12(2)15(17)16(19-20)21(23)24/h3-5,7-8,11H,6,9-10H2,1-2H3,(H,18,22)/t11-/m0/s1. The normalized spacial score (nSPS) is 12.0. The van der Waals surface area contributed by atoms with Crippen LogP contribution in [0.3, 0.4) is 0 Å². The second-order valence-corrected chi connectivity index (χ2v) is 6.30. The molecule has 0 aliphatic carbocycles. The molecule has 24 heavy (non-hydrogen) atoms. The Morgan fingerprint density at radius 2 is 2.08 bits per heavy atom. The zero-order valence-corrected chi connectivity index (χ0v) is 15.1. The summed E-state index contributed by atoms with van der Waals surface area (Å²) in [6.45, 7) is 4.14. The fourth-order valence-corrected chi connectivity index (χ4v) is 2.80. The van der Waals surface area contributed by atoms with Crippen molar-refractivity contribution in [1.82, 2.24) is 15.1 Å². The Hall–Kier alpha value is -2.22. The molecule has 1 aromatic carbocycles. The molecule has 0 fully saturated rings. The Morgan fingerprint density at radius 1 is 1.42 bits per heavy atom. The van der Waals surface area contributed by atoms with Gasteiger partial charge in [0.05, 0.1) is 23.4 Å². The lowest BCUT2D eigenvalue weighted by Gasteiger charge is -2.14. The molecule has 2 rings (SSSR count). The lowest BCUT2D eigenvalue weighted by molar-refractivity contribution is -0.390. The van der Waals surface area contributed by atoms with Crippen LogP contribution in [-0.4, -0.2) is 20.6 Å². The van der Waals surface area contributed by atoms with E-state index in [9.17, 15) is 14.9 Å². The molecule has 1 heterocycles. The monoisotopic (exact) mass is 394 g/mol.